The molecule has 0 bridgehead atoms. The van der Waals surface area contributed by atoms with E-state index in [1.807, 2.05) is 0 Å². The molecule has 0 aromatic carbocycles. The van der Waals surface area contributed by atoms with Crippen molar-refractivity contribution in [1.82, 2.24) is 24.8 Å². The van der Waals surface area contributed by atoms with E-state index >= 15 is 0 Å². The molecule has 0 aliphatic carbocycles. The van der Waals surface area contributed by atoms with Gasteiger partial charge in [0, 0.05) is 5.41 Å². The molecule has 0 saturated carbocycles. The van der Waals surface area contributed by atoms with Crippen molar-refractivity contribution in [1.29, 1.82) is 0 Å². The lowest BCUT2D eigenvalue weighted by Crippen LogP contribution is -2.12. The monoisotopic (exact) mass is 177 g/mol. The predicted molar refractivity (Wildman–Crippen MR) is 47.3 cm³/mol. The summed E-state index contributed by atoms with van der Waals surface area (Å²) in [5.74, 6) is 0. The highest BCUT2D eigenvalue weighted by molar-refractivity contribution is 5.44. The Morgan fingerprint density at radius 2 is 2.08 bits per heavy atom. The molecule has 0 atom stereocenters. The molecule has 0 aliphatic rings. The fourth-order valence-electron chi connectivity index (χ4n) is 1.15. The van der Waals surface area contributed by atoms with E-state index < -0.39 is 0 Å². The first-order valence-electron chi connectivity index (χ1n) is 4.10. The van der Waals surface area contributed by atoms with E-state index in [1.54, 1.807) is 10.8 Å². The Labute approximate surface area is 75.8 Å². The maximum atomic E-state index is 4.13. The van der Waals surface area contributed by atoms with Gasteiger partial charge in [0.2, 0.25) is 0 Å². The quantitative estimate of drug-likeness (QED) is 0.597. The van der Waals surface area contributed by atoms with Crippen molar-refractivity contribution in [2.24, 2.45) is 0 Å². The maximum Gasteiger partial charge on any atom is 0.182 e. The van der Waals surface area contributed by atoms with Crippen LogP contribution in [0.1, 0.15) is 26.5 Å². The van der Waals surface area contributed by atoms with Gasteiger partial charge in [-0.05, 0) is 0 Å². The third-order valence-electron chi connectivity index (χ3n) is 1.80. The zero-order chi connectivity index (χ0) is 9.47. The van der Waals surface area contributed by atoms with Crippen molar-refractivity contribution in [3.8, 4) is 0 Å². The summed E-state index contributed by atoms with van der Waals surface area (Å²) >= 11 is 0. The van der Waals surface area contributed by atoms with Crippen LogP contribution in [0.4, 0.5) is 0 Å². The Kier molecular flexibility index (Phi) is 1.55. The van der Waals surface area contributed by atoms with Crippen LogP contribution in [0.15, 0.2) is 12.7 Å². The Hall–Kier alpha value is -1.52. The SMILES string of the molecule is CC(C)(C)c1nnn2cncnc12. The summed E-state index contributed by atoms with van der Waals surface area (Å²) in [6, 6.07) is 0. The Bertz CT molecular complexity index is 425. The first-order chi connectivity index (χ1) is 6.09. The topological polar surface area (TPSA) is 56.0 Å². The van der Waals surface area contributed by atoms with Crippen molar-refractivity contribution in [3.63, 3.8) is 0 Å². The fourth-order valence-corrected chi connectivity index (χ4v) is 1.15. The molecule has 0 radical (unpaired) electrons. The van der Waals surface area contributed by atoms with Crippen LogP contribution in [0, 0.1) is 0 Å². The van der Waals surface area contributed by atoms with Gasteiger partial charge >= 0.3 is 0 Å². The Morgan fingerprint density at radius 3 is 2.77 bits per heavy atom. The molecule has 2 aromatic heterocycles. The highest BCUT2D eigenvalue weighted by atomic mass is 15.4. The van der Waals surface area contributed by atoms with Gasteiger partial charge < -0.3 is 0 Å². The van der Waals surface area contributed by atoms with Crippen LogP contribution in [-0.2, 0) is 5.41 Å². The molecule has 0 fully saturated rings. The van der Waals surface area contributed by atoms with Gasteiger partial charge in [-0.1, -0.05) is 26.0 Å². The second-order valence-corrected chi connectivity index (χ2v) is 3.97. The van der Waals surface area contributed by atoms with Gasteiger partial charge in [-0.25, -0.2) is 9.97 Å². The predicted octanol–water partition coefficient (Wildman–Crippen LogP) is 0.817. The lowest BCUT2D eigenvalue weighted by molar-refractivity contribution is 0.570. The van der Waals surface area contributed by atoms with Crippen molar-refractivity contribution < 1.29 is 0 Å². The summed E-state index contributed by atoms with van der Waals surface area (Å²) in [4.78, 5) is 7.99. The minimum absolute atomic E-state index is 0.0316. The van der Waals surface area contributed by atoms with E-state index in [2.05, 4.69) is 41.1 Å². The molecule has 2 rings (SSSR count). The Balaban J connectivity index is 2.72. The van der Waals surface area contributed by atoms with Gasteiger partial charge in [0.25, 0.3) is 0 Å². The first kappa shape index (κ1) is 8.10. The second kappa shape index (κ2) is 2.48. The average Bonchev–Trinajstić information content (AvgIpc) is 2.45. The minimum atomic E-state index is -0.0316. The largest absolute Gasteiger partial charge is 0.225 e. The molecular formula is C8H11N5. The molecule has 0 N–H and O–H groups in total. The van der Waals surface area contributed by atoms with E-state index in [0.29, 0.717) is 0 Å². The third kappa shape index (κ3) is 1.26. The molecule has 0 saturated heterocycles. The highest BCUT2D eigenvalue weighted by Crippen LogP contribution is 2.22. The summed E-state index contributed by atoms with van der Waals surface area (Å²) < 4.78 is 1.58. The van der Waals surface area contributed by atoms with Crippen LogP contribution in [0.2, 0.25) is 0 Å². The summed E-state index contributed by atoms with van der Waals surface area (Å²) in [7, 11) is 0. The van der Waals surface area contributed by atoms with E-state index in [1.165, 1.54) is 6.33 Å². The van der Waals surface area contributed by atoms with Crippen LogP contribution >= 0.6 is 0 Å². The number of rotatable bonds is 0. The van der Waals surface area contributed by atoms with E-state index in [9.17, 15) is 0 Å². The first-order valence-corrected chi connectivity index (χ1v) is 4.10. The molecular weight excluding hydrogens is 166 g/mol. The number of aromatic nitrogens is 5. The Morgan fingerprint density at radius 1 is 1.31 bits per heavy atom. The number of fused-ring (bicyclic) bond motifs is 1. The molecule has 68 valence electrons. The van der Waals surface area contributed by atoms with Crippen LogP contribution < -0.4 is 0 Å². The van der Waals surface area contributed by atoms with Crippen molar-refractivity contribution in [2.45, 2.75) is 26.2 Å². The van der Waals surface area contributed by atoms with Gasteiger partial charge in [-0.2, -0.15) is 4.52 Å². The van der Waals surface area contributed by atoms with E-state index in [-0.39, 0.29) is 5.41 Å². The summed E-state index contributed by atoms with van der Waals surface area (Å²) in [6.07, 6.45) is 3.11. The summed E-state index contributed by atoms with van der Waals surface area (Å²) in [5.41, 5.74) is 1.65. The van der Waals surface area contributed by atoms with Gasteiger partial charge in [0.1, 0.15) is 18.3 Å². The molecule has 0 unspecified atom stereocenters. The van der Waals surface area contributed by atoms with Crippen LogP contribution in [0.5, 0.6) is 0 Å². The molecule has 13 heavy (non-hydrogen) atoms. The molecule has 2 aromatic rings. The third-order valence-corrected chi connectivity index (χ3v) is 1.80. The average molecular weight is 177 g/mol. The van der Waals surface area contributed by atoms with Crippen LogP contribution in [0.25, 0.3) is 5.65 Å². The molecule has 5 heteroatoms. The second-order valence-electron chi connectivity index (χ2n) is 3.97. The molecule has 0 spiro atoms. The summed E-state index contributed by atoms with van der Waals surface area (Å²) in [5, 5.41) is 8.00. The number of nitrogens with zero attached hydrogens (tertiary/aromatic N) is 5. The van der Waals surface area contributed by atoms with Crippen molar-refractivity contribution in [3.05, 3.63) is 18.3 Å². The van der Waals surface area contributed by atoms with Gasteiger partial charge in [0.15, 0.2) is 5.65 Å². The lowest BCUT2D eigenvalue weighted by atomic mass is 9.92. The zero-order valence-corrected chi connectivity index (χ0v) is 7.89. The standard InChI is InChI=1S/C8H11N5/c1-8(2,3)6-7-10-4-9-5-13(7)12-11-6/h4-5H,1-3H3. The molecule has 5 nitrogen and oxygen atoms in total. The normalized spacial score (nSPS) is 12.2. The van der Waals surface area contributed by atoms with Crippen molar-refractivity contribution >= 4 is 5.65 Å². The minimum Gasteiger partial charge on any atom is -0.225 e. The zero-order valence-electron chi connectivity index (χ0n) is 7.89. The smallest absolute Gasteiger partial charge is 0.182 e. The van der Waals surface area contributed by atoms with Crippen LogP contribution in [-0.4, -0.2) is 24.8 Å². The number of hydrogen-bond acceptors (Lipinski definition) is 4. The van der Waals surface area contributed by atoms with E-state index in [0.717, 1.165) is 11.3 Å². The maximum absolute atomic E-state index is 4.13. The van der Waals surface area contributed by atoms with E-state index in [4.69, 9.17) is 0 Å². The van der Waals surface area contributed by atoms with Crippen molar-refractivity contribution in [2.75, 3.05) is 0 Å². The van der Waals surface area contributed by atoms with Gasteiger partial charge in [0.05, 0.1) is 0 Å². The lowest BCUT2D eigenvalue weighted by Gasteiger charge is -2.13. The number of hydrogen-bond donors (Lipinski definition) is 0. The summed E-state index contributed by atoms with van der Waals surface area (Å²) in [6.45, 7) is 6.25. The molecule has 0 amide bonds. The highest BCUT2D eigenvalue weighted by Gasteiger charge is 2.21. The van der Waals surface area contributed by atoms with Gasteiger partial charge in [-0.3, -0.25) is 0 Å². The van der Waals surface area contributed by atoms with Gasteiger partial charge in [-0.15, -0.1) is 5.10 Å². The fraction of sp³-hybridized carbons (Fsp3) is 0.500. The van der Waals surface area contributed by atoms with Crippen LogP contribution in [0.3, 0.4) is 0 Å². The molecule has 0 aliphatic heterocycles. The molecule has 2 heterocycles.